The zero-order valence-electron chi connectivity index (χ0n) is 16.9. The van der Waals surface area contributed by atoms with E-state index in [-0.39, 0.29) is 23.7 Å². The van der Waals surface area contributed by atoms with Crippen molar-refractivity contribution < 1.29 is 33.4 Å². The highest BCUT2D eigenvalue weighted by Crippen LogP contribution is 2.24. The second-order valence-corrected chi connectivity index (χ2v) is 6.21. The molecule has 1 aromatic rings. The lowest BCUT2D eigenvalue weighted by molar-refractivity contribution is -0.135. The van der Waals surface area contributed by atoms with Gasteiger partial charge in [-0.25, -0.2) is 14.4 Å². The van der Waals surface area contributed by atoms with Gasteiger partial charge in [-0.2, -0.15) is 5.26 Å². The molecule has 0 bridgehead atoms. The topological polar surface area (TPSA) is 144 Å². The summed E-state index contributed by atoms with van der Waals surface area (Å²) in [5, 5.41) is 16.8. The van der Waals surface area contributed by atoms with Crippen molar-refractivity contribution in [1.29, 1.82) is 10.7 Å². The lowest BCUT2D eigenvalue weighted by atomic mass is 9.90. The highest BCUT2D eigenvalue weighted by atomic mass is 16.5. The van der Waals surface area contributed by atoms with Crippen molar-refractivity contribution in [3.63, 3.8) is 0 Å². The molecule has 0 aliphatic carbocycles. The minimum absolute atomic E-state index is 0.0450. The zero-order chi connectivity index (χ0) is 22.8. The number of carbonyl (C=O) groups excluding carboxylic acids is 4. The molecular formula is C21H20N2O7. The van der Waals surface area contributed by atoms with Gasteiger partial charge >= 0.3 is 17.9 Å². The summed E-state index contributed by atoms with van der Waals surface area (Å²) in [7, 11) is 1.97. The second kappa shape index (κ2) is 11.1. The molecular weight excluding hydrogens is 392 g/mol. The average molecular weight is 412 g/mol. The number of Topliss-reactive ketones (excluding diaryl/α,β-unsaturated/α-hetero) is 1. The Kier molecular flexibility index (Phi) is 8.88. The van der Waals surface area contributed by atoms with Crippen molar-refractivity contribution in [2.45, 2.75) is 13.8 Å². The molecule has 0 spiro atoms. The summed E-state index contributed by atoms with van der Waals surface area (Å²) in [6, 6.07) is 7.02. The Morgan fingerprint density at radius 3 is 2.07 bits per heavy atom. The predicted octanol–water partition coefficient (Wildman–Crippen LogP) is 2.02. The normalized spacial score (nSPS) is 10.8. The van der Waals surface area contributed by atoms with E-state index in [4.69, 9.17) is 10.1 Å². The van der Waals surface area contributed by atoms with Crippen LogP contribution in [-0.2, 0) is 23.8 Å². The molecule has 0 amide bonds. The standard InChI is InChI=1S/C21H20N2O7/c1-12(2)11-30-21(27)14-8-6-5-7-13(14)18(24)17(15(9-22)19(25)28-3)16(10-23)20(26)29-4/h5-8,12,22H,11H2,1-4H3/b17-16+. The number of rotatable bonds is 8. The number of carbonyl (C=O) groups is 4. The summed E-state index contributed by atoms with van der Waals surface area (Å²) in [5.41, 5.74) is -2.76. The fourth-order valence-corrected chi connectivity index (χ4v) is 2.29. The first-order valence-electron chi connectivity index (χ1n) is 8.65. The number of methoxy groups -OCH3 is 2. The van der Waals surface area contributed by atoms with Crippen LogP contribution in [0.15, 0.2) is 41.0 Å². The lowest BCUT2D eigenvalue weighted by Crippen LogP contribution is -2.22. The minimum atomic E-state index is -1.21. The Morgan fingerprint density at radius 2 is 1.60 bits per heavy atom. The van der Waals surface area contributed by atoms with Crippen LogP contribution in [0.25, 0.3) is 0 Å². The number of benzene rings is 1. The zero-order valence-corrected chi connectivity index (χ0v) is 16.9. The van der Waals surface area contributed by atoms with Gasteiger partial charge in [0, 0.05) is 5.56 Å². The molecule has 0 atom stereocenters. The number of ether oxygens (including phenoxy) is 3. The maximum absolute atomic E-state index is 13.3. The fraction of sp³-hybridized carbons (Fsp3) is 0.286. The molecule has 1 rings (SSSR count). The van der Waals surface area contributed by atoms with Crippen molar-refractivity contribution in [3.8, 4) is 6.07 Å². The van der Waals surface area contributed by atoms with Gasteiger partial charge in [-0.3, -0.25) is 10.2 Å². The third kappa shape index (κ3) is 5.50. The van der Waals surface area contributed by atoms with Gasteiger partial charge < -0.3 is 14.2 Å². The smallest absolute Gasteiger partial charge is 0.349 e. The van der Waals surface area contributed by atoms with Crippen LogP contribution in [0.4, 0.5) is 0 Å². The third-order valence-electron chi connectivity index (χ3n) is 3.68. The SMILES string of the molecule is COC(=O)C(=C=N)/C(C(=O)c1ccccc1C(=O)OCC(C)C)=C(/C#N)C(=O)OC. The molecule has 9 nitrogen and oxygen atoms in total. The van der Waals surface area contributed by atoms with E-state index in [9.17, 15) is 24.4 Å². The number of ketones is 1. The molecule has 156 valence electrons. The third-order valence-corrected chi connectivity index (χ3v) is 3.68. The largest absolute Gasteiger partial charge is 0.465 e. The van der Waals surface area contributed by atoms with Crippen LogP contribution in [0.5, 0.6) is 0 Å². The van der Waals surface area contributed by atoms with Crippen molar-refractivity contribution in [1.82, 2.24) is 0 Å². The fourth-order valence-electron chi connectivity index (χ4n) is 2.29. The number of nitriles is 1. The van der Waals surface area contributed by atoms with Crippen LogP contribution in [0.1, 0.15) is 34.6 Å². The van der Waals surface area contributed by atoms with Gasteiger partial charge in [-0.1, -0.05) is 32.0 Å². The highest BCUT2D eigenvalue weighted by molar-refractivity contribution is 6.25. The van der Waals surface area contributed by atoms with E-state index in [2.05, 4.69) is 9.47 Å². The van der Waals surface area contributed by atoms with Crippen LogP contribution in [0.3, 0.4) is 0 Å². The molecule has 1 aromatic carbocycles. The Labute approximate surface area is 173 Å². The summed E-state index contributed by atoms with van der Waals surface area (Å²) >= 11 is 0. The molecule has 0 aliphatic rings. The first-order valence-corrected chi connectivity index (χ1v) is 8.65. The molecule has 0 saturated carbocycles. The molecule has 0 unspecified atom stereocenters. The monoisotopic (exact) mass is 412 g/mol. The Hall–Kier alpha value is -4.02. The quantitative estimate of drug-likeness (QED) is 0.130. The number of nitrogens with zero attached hydrogens (tertiary/aromatic N) is 1. The molecule has 0 saturated heterocycles. The van der Waals surface area contributed by atoms with Gasteiger partial charge in [0.05, 0.1) is 32.0 Å². The van der Waals surface area contributed by atoms with E-state index in [0.29, 0.717) is 0 Å². The molecule has 9 heteroatoms. The molecule has 0 aliphatic heterocycles. The van der Waals surface area contributed by atoms with Gasteiger partial charge in [-0.15, -0.1) is 0 Å². The van der Waals surface area contributed by atoms with E-state index in [1.807, 2.05) is 13.8 Å². The molecule has 0 radical (unpaired) electrons. The maximum Gasteiger partial charge on any atom is 0.349 e. The minimum Gasteiger partial charge on any atom is -0.465 e. The van der Waals surface area contributed by atoms with Crippen LogP contribution >= 0.6 is 0 Å². The summed E-state index contributed by atoms with van der Waals surface area (Å²) in [5.74, 6) is -2.47. The lowest BCUT2D eigenvalue weighted by Gasteiger charge is -2.13. The Bertz CT molecular complexity index is 993. The van der Waals surface area contributed by atoms with Gasteiger partial charge in [0.1, 0.15) is 17.2 Å². The van der Waals surface area contributed by atoms with Crippen molar-refractivity contribution >= 4 is 29.6 Å². The Balaban J connectivity index is 3.73. The van der Waals surface area contributed by atoms with E-state index in [1.54, 1.807) is 5.87 Å². The maximum atomic E-state index is 13.3. The van der Waals surface area contributed by atoms with Crippen LogP contribution < -0.4 is 0 Å². The second-order valence-electron chi connectivity index (χ2n) is 6.21. The molecule has 0 fully saturated rings. The first kappa shape index (κ1) is 24.0. The predicted molar refractivity (Wildman–Crippen MR) is 104 cm³/mol. The highest BCUT2D eigenvalue weighted by Gasteiger charge is 2.32. The van der Waals surface area contributed by atoms with Gasteiger partial charge in [0.25, 0.3) is 0 Å². The molecule has 0 heterocycles. The van der Waals surface area contributed by atoms with Crippen molar-refractivity contribution in [2.24, 2.45) is 5.92 Å². The van der Waals surface area contributed by atoms with E-state index in [0.717, 1.165) is 14.2 Å². The average Bonchev–Trinajstić information content (AvgIpc) is 2.76. The molecule has 30 heavy (non-hydrogen) atoms. The number of nitrogens with one attached hydrogen (secondary N) is 1. The van der Waals surface area contributed by atoms with Gasteiger partial charge in [0.15, 0.2) is 5.78 Å². The van der Waals surface area contributed by atoms with E-state index < -0.39 is 40.4 Å². The summed E-state index contributed by atoms with van der Waals surface area (Å²) < 4.78 is 14.2. The van der Waals surface area contributed by atoms with Crippen LogP contribution in [0.2, 0.25) is 0 Å². The number of hydrogen-bond donors (Lipinski definition) is 1. The van der Waals surface area contributed by atoms with Gasteiger partial charge in [0.2, 0.25) is 0 Å². The van der Waals surface area contributed by atoms with Crippen molar-refractivity contribution in [3.05, 3.63) is 52.1 Å². The number of esters is 3. The van der Waals surface area contributed by atoms with E-state index >= 15 is 0 Å². The summed E-state index contributed by atoms with van der Waals surface area (Å²) in [6.07, 6.45) is 0. The van der Waals surface area contributed by atoms with E-state index in [1.165, 1.54) is 30.3 Å². The number of hydrogen-bond acceptors (Lipinski definition) is 9. The van der Waals surface area contributed by atoms with Gasteiger partial charge in [-0.05, 0) is 17.9 Å². The first-order chi connectivity index (χ1) is 14.2. The summed E-state index contributed by atoms with van der Waals surface area (Å²) in [4.78, 5) is 49.8. The van der Waals surface area contributed by atoms with Crippen molar-refractivity contribution in [2.75, 3.05) is 20.8 Å². The van der Waals surface area contributed by atoms with Crippen LogP contribution in [-0.4, -0.2) is 50.4 Å². The Morgan fingerprint density at radius 1 is 1.03 bits per heavy atom. The summed E-state index contributed by atoms with van der Waals surface area (Å²) in [6.45, 7) is 3.76. The molecule has 1 N–H and O–H groups in total. The van der Waals surface area contributed by atoms with Crippen LogP contribution in [0, 0.1) is 22.7 Å². The molecule has 0 aromatic heterocycles.